The summed E-state index contributed by atoms with van der Waals surface area (Å²) >= 11 is 0. The van der Waals surface area contributed by atoms with E-state index >= 15 is 0 Å². The third-order valence-electron chi connectivity index (χ3n) is 7.83. The smallest absolute Gasteiger partial charge is 0.281 e. The third kappa shape index (κ3) is 4.46. The Balaban J connectivity index is 1.31. The molecule has 3 aromatic rings. The average Bonchev–Trinajstić information content (AvgIpc) is 3.29. The number of fused-ring (bicyclic) bond motifs is 1. The molecule has 2 aliphatic heterocycles. The Morgan fingerprint density at radius 2 is 2.14 bits per heavy atom. The minimum atomic E-state index is -2.78. The molecule has 2 saturated heterocycles. The standard InChI is InChI=1S/C27H31FN4O4S/c1-27(10-11-27)37(2,34)30-26(33)23-15-29-25-8-6-19(16-32(23)25)31-12-3-4-22(31)21-14-18(28)5-7-24(21)36-20-9-13-35-17-20/h5-8,14-16,20,22H,2-4,9-13,17H2,1H3,(H,30,33,34). The lowest BCUT2D eigenvalue weighted by atomic mass is 10.0. The molecule has 0 bridgehead atoms. The van der Waals surface area contributed by atoms with Crippen molar-refractivity contribution < 1.29 is 22.9 Å². The number of carbonyl (C=O) groups excluding carboxylic acids is 1. The third-order valence-corrected chi connectivity index (χ3v) is 10.3. The van der Waals surface area contributed by atoms with Crippen molar-refractivity contribution in [3.05, 3.63) is 59.8 Å². The Bertz CT molecular complexity index is 1460. The molecule has 10 heteroatoms. The zero-order valence-corrected chi connectivity index (χ0v) is 21.6. The molecule has 3 unspecified atom stereocenters. The van der Waals surface area contributed by atoms with Crippen LogP contribution in [0.1, 0.15) is 61.1 Å². The van der Waals surface area contributed by atoms with Gasteiger partial charge in [-0.1, -0.05) is 0 Å². The second-order valence-corrected chi connectivity index (χ2v) is 13.0. The van der Waals surface area contributed by atoms with Gasteiger partial charge in [0.25, 0.3) is 5.91 Å². The highest BCUT2D eigenvalue weighted by molar-refractivity contribution is 8.00. The number of anilines is 1. The van der Waals surface area contributed by atoms with Crippen LogP contribution in [0.4, 0.5) is 10.1 Å². The Morgan fingerprint density at radius 3 is 2.89 bits per heavy atom. The van der Waals surface area contributed by atoms with Crippen molar-refractivity contribution in [1.82, 2.24) is 14.1 Å². The number of imidazole rings is 1. The van der Waals surface area contributed by atoms with E-state index in [9.17, 15) is 13.4 Å². The molecule has 2 aromatic heterocycles. The van der Waals surface area contributed by atoms with Crippen LogP contribution in [0.15, 0.2) is 42.7 Å². The molecule has 6 rings (SSSR count). The van der Waals surface area contributed by atoms with Gasteiger partial charge in [0.1, 0.15) is 29.0 Å². The number of halogens is 1. The number of amides is 1. The van der Waals surface area contributed by atoms with Crippen LogP contribution in [0.25, 0.3) is 5.65 Å². The molecular weight excluding hydrogens is 495 g/mol. The summed E-state index contributed by atoms with van der Waals surface area (Å²) in [5.74, 6) is 3.73. The van der Waals surface area contributed by atoms with E-state index in [1.165, 1.54) is 12.3 Å². The van der Waals surface area contributed by atoms with Crippen LogP contribution in [-0.4, -0.2) is 56.0 Å². The lowest BCUT2D eigenvalue weighted by Gasteiger charge is -2.29. The SMILES string of the molecule is C=S(=O)(NC(=O)c1cnc2ccc(N3CCCC3c3cc(F)ccc3OC3CCOC3)cn12)C1(C)CC1. The molecule has 37 heavy (non-hydrogen) atoms. The van der Waals surface area contributed by atoms with Crippen LogP contribution in [0.2, 0.25) is 0 Å². The molecule has 4 heterocycles. The number of carbonyl (C=O) groups is 1. The van der Waals surface area contributed by atoms with Crippen LogP contribution < -0.4 is 14.4 Å². The van der Waals surface area contributed by atoms with Crippen molar-refractivity contribution in [2.75, 3.05) is 24.7 Å². The van der Waals surface area contributed by atoms with Gasteiger partial charge in [-0.2, -0.15) is 0 Å². The summed E-state index contributed by atoms with van der Waals surface area (Å²) in [6, 6.07) is 8.43. The van der Waals surface area contributed by atoms with Gasteiger partial charge in [0.05, 0.1) is 45.6 Å². The molecule has 1 N–H and O–H groups in total. The lowest BCUT2D eigenvalue weighted by molar-refractivity contribution is 0.0976. The molecule has 0 spiro atoms. The van der Waals surface area contributed by atoms with Gasteiger partial charge in [-0.3, -0.25) is 13.9 Å². The van der Waals surface area contributed by atoms with Crippen LogP contribution in [0.5, 0.6) is 5.75 Å². The zero-order valence-electron chi connectivity index (χ0n) is 20.8. The van der Waals surface area contributed by atoms with Gasteiger partial charge in [-0.05, 0) is 68.8 Å². The second kappa shape index (κ2) is 9.02. The first-order chi connectivity index (χ1) is 17.7. The quantitative estimate of drug-likeness (QED) is 0.470. The Hall–Kier alpha value is -3.11. The van der Waals surface area contributed by atoms with E-state index in [0.29, 0.717) is 30.3 Å². The summed E-state index contributed by atoms with van der Waals surface area (Å²) in [4.78, 5) is 19.7. The Morgan fingerprint density at radius 1 is 1.30 bits per heavy atom. The molecule has 8 nitrogen and oxygen atoms in total. The highest BCUT2D eigenvalue weighted by atomic mass is 32.2. The van der Waals surface area contributed by atoms with Gasteiger partial charge in [-0.15, -0.1) is 0 Å². The first-order valence-electron chi connectivity index (χ1n) is 12.7. The maximum Gasteiger partial charge on any atom is 0.281 e. The number of nitrogens with one attached hydrogen (secondary N) is 1. The van der Waals surface area contributed by atoms with E-state index in [-0.39, 0.29) is 18.0 Å². The van der Waals surface area contributed by atoms with E-state index in [2.05, 4.69) is 20.5 Å². The molecule has 3 atom stereocenters. The van der Waals surface area contributed by atoms with E-state index < -0.39 is 20.4 Å². The largest absolute Gasteiger partial charge is 0.488 e. The van der Waals surface area contributed by atoms with Gasteiger partial charge < -0.3 is 14.4 Å². The molecule has 1 aliphatic carbocycles. The lowest BCUT2D eigenvalue weighted by Crippen LogP contribution is -2.38. The summed E-state index contributed by atoms with van der Waals surface area (Å²) in [6.07, 6.45) is 7.47. The predicted molar refractivity (Wildman–Crippen MR) is 141 cm³/mol. The number of rotatable bonds is 7. The van der Waals surface area contributed by atoms with Crippen molar-refractivity contribution in [3.63, 3.8) is 0 Å². The Labute approximate surface area is 215 Å². The van der Waals surface area contributed by atoms with E-state index in [4.69, 9.17) is 9.47 Å². The van der Waals surface area contributed by atoms with Crippen LogP contribution >= 0.6 is 0 Å². The summed E-state index contributed by atoms with van der Waals surface area (Å²) in [5.41, 5.74) is 2.59. The van der Waals surface area contributed by atoms with Crippen LogP contribution in [0.3, 0.4) is 0 Å². The molecule has 1 aromatic carbocycles. The first kappa shape index (κ1) is 24.2. The van der Waals surface area contributed by atoms with Crippen molar-refractivity contribution in [3.8, 4) is 5.75 Å². The first-order valence-corrected chi connectivity index (χ1v) is 14.4. The van der Waals surface area contributed by atoms with Crippen molar-refractivity contribution in [2.45, 2.75) is 55.9 Å². The fraction of sp³-hybridized carbons (Fsp3) is 0.444. The van der Waals surface area contributed by atoms with Crippen molar-refractivity contribution in [1.29, 1.82) is 0 Å². The number of hydrogen-bond acceptors (Lipinski definition) is 6. The molecule has 3 aliphatic rings. The average molecular weight is 527 g/mol. The topological polar surface area (TPSA) is 85.2 Å². The maximum atomic E-state index is 14.4. The molecule has 196 valence electrons. The molecule has 1 amide bonds. The van der Waals surface area contributed by atoms with E-state index in [1.807, 2.05) is 25.3 Å². The maximum absolute atomic E-state index is 14.4. The van der Waals surface area contributed by atoms with Gasteiger partial charge in [0.15, 0.2) is 0 Å². The van der Waals surface area contributed by atoms with Crippen LogP contribution in [0, 0.1) is 5.82 Å². The highest BCUT2D eigenvalue weighted by Gasteiger charge is 2.46. The fourth-order valence-electron chi connectivity index (χ4n) is 5.21. The van der Waals surface area contributed by atoms with Gasteiger partial charge in [0, 0.05) is 24.7 Å². The van der Waals surface area contributed by atoms with Crippen LogP contribution in [-0.2, 0) is 14.4 Å². The summed E-state index contributed by atoms with van der Waals surface area (Å²) in [7, 11) is -2.78. The number of aromatic nitrogens is 2. The molecule has 3 fully saturated rings. The van der Waals surface area contributed by atoms with E-state index in [0.717, 1.165) is 49.9 Å². The molecular formula is C27H31FN4O4S. The minimum absolute atomic E-state index is 0.0383. The number of hydrogen-bond donors (Lipinski definition) is 1. The number of nitrogens with zero attached hydrogens (tertiary/aromatic N) is 3. The monoisotopic (exact) mass is 526 g/mol. The van der Waals surface area contributed by atoms with Crippen molar-refractivity contribution >= 4 is 32.8 Å². The normalized spacial score (nSPS) is 24.2. The summed E-state index contributed by atoms with van der Waals surface area (Å²) in [5, 5.41) is 0. The number of pyridine rings is 1. The number of ether oxygens (including phenoxy) is 2. The van der Waals surface area contributed by atoms with Crippen molar-refractivity contribution in [2.24, 2.45) is 0 Å². The highest BCUT2D eigenvalue weighted by Crippen LogP contribution is 2.43. The van der Waals surface area contributed by atoms with Gasteiger partial charge >= 0.3 is 0 Å². The second-order valence-electron chi connectivity index (χ2n) is 10.5. The molecule has 0 radical (unpaired) electrons. The summed E-state index contributed by atoms with van der Waals surface area (Å²) < 4.78 is 43.0. The zero-order chi connectivity index (χ0) is 25.8. The molecule has 1 saturated carbocycles. The predicted octanol–water partition coefficient (Wildman–Crippen LogP) is 3.90. The van der Waals surface area contributed by atoms with Gasteiger partial charge in [0.2, 0.25) is 0 Å². The Kier molecular flexibility index (Phi) is 5.91. The minimum Gasteiger partial charge on any atom is -0.488 e. The summed E-state index contributed by atoms with van der Waals surface area (Å²) in [6.45, 7) is 3.86. The van der Waals surface area contributed by atoms with E-state index in [1.54, 1.807) is 16.5 Å². The van der Waals surface area contributed by atoms with Gasteiger partial charge in [-0.25, -0.2) is 13.6 Å². The number of benzene rings is 1. The fourth-order valence-corrected chi connectivity index (χ4v) is 6.62.